The number of aryl methyl sites for hydroxylation is 1. The Labute approximate surface area is 201 Å². The molecule has 2 heterocycles. The van der Waals surface area contributed by atoms with Crippen LogP contribution in [0.2, 0.25) is 0 Å². The first kappa shape index (κ1) is 23.9. The van der Waals surface area contributed by atoms with E-state index in [1.165, 1.54) is 28.8 Å². The number of amides is 2. The highest BCUT2D eigenvalue weighted by Gasteiger charge is 2.40. The molecule has 2 amide bonds. The number of rotatable bonds is 4. The first-order valence-corrected chi connectivity index (χ1v) is 11.9. The second kappa shape index (κ2) is 8.87. The summed E-state index contributed by atoms with van der Waals surface area (Å²) in [5.41, 5.74) is 8.21. The van der Waals surface area contributed by atoms with Crippen molar-refractivity contribution in [2.24, 2.45) is 5.73 Å². The summed E-state index contributed by atoms with van der Waals surface area (Å²) in [6.07, 6.45) is 0. The molecule has 2 aromatic carbocycles. The van der Waals surface area contributed by atoms with E-state index in [4.69, 9.17) is 10.8 Å². The number of nitrogens with zero attached hydrogens (tertiary/aromatic N) is 3. The average Bonchev–Trinajstić information content (AvgIpc) is 3.08. The third-order valence-electron chi connectivity index (χ3n) is 5.60. The summed E-state index contributed by atoms with van der Waals surface area (Å²) in [6.45, 7) is 7.53. The van der Waals surface area contributed by atoms with E-state index in [2.05, 4.69) is 0 Å². The molecule has 4 rings (SSSR count). The molecule has 1 aliphatic heterocycles. The molecule has 34 heavy (non-hydrogen) atoms. The zero-order chi connectivity index (χ0) is 24.8. The van der Waals surface area contributed by atoms with Gasteiger partial charge in [-0.05, 0) is 30.7 Å². The number of halogens is 2. The lowest BCUT2D eigenvalue weighted by Gasteiger charge is -2.24. The standard InChI is InChI=1S/C25H26F2N4O2S/c1-14-6-5-7-16(10-14)31-24-21(23(29-31)25(2,3)4)22(17-9-8-15(26)11-18(17)27)34-13-20(33)30(24)12-19(28)32/h5-11,22H,12-13H2,1-4H3,(H2,28,32)/t22-/m0/s1. The molecule has 1 aliphatic rings. The fourth-order valence-electron chi connectivity index (χ4n) is 4.13. The average molecular weight is 485 g/mol. The third-order valence-corrected chi connectivity index (χ3v) is 6.84. The number of primary amides is 1. The third kappa shape index (κ3) is 4.44. The van der Waals surface area contributed by atoms with Crippen LogP contribution in [0.4, 0.5) is 14.6 Å². The Balaban J connectivity index is 2.09. The van der Waals surface area contributed by atoms with Crippen LogP contribution in [0.1, 0.15) is 48.4 Å². The van der Waals surface area contributed by atoms with Crippen LogP contribution in [-0.2, 0) is 15.0 Å². The van der Waals surface area contributed by atoms with Gasteiger partial charge in [-0.2, -0.15) is 5.10 Å². The van der Waals surface area contributed by atoms with E-state index in [-0.39, 0.29) is 23.8 Å². The second-order valence-corrected chi connectivity index (χ2v) is 10.5. The summed E-state index contributed by atoms with van der Waals surface area (Å²) in [5, 5.41) is 4.24. The van der Waals surface area contributed by atoms with Crippen molar-refractivity contribution in [2.75, 3.05) is 17.2 Å². The van der Waals surface area contributed by atoms with Crippen LogP contribution in [0.15, 0.2) is 42.5 Å². The number of aromatic nitrogens is 2. The maximum Gasteiger partial charge on any atom is 0.238 e. The molecule has 9 heteroatoms. The van der Waals surface area contributed by atoms with E-state index in [0.29, 0.717) is 22.8 Å². The molecule has 0 saturated carbocycles. The fraction of sp³-hybridized carbons (Fsp3) is 0.320. The Hall–Kier alpha value is -3.20. The summed E-state index contributed by atoms with van der Waals surface area (Å²) in [6, 6.07) is 11.0. The zero-order valence-corrected chi connectivity index (χ0v) is 20.2. The van der Waals surface area contributed by atoms with Crippen molar-refractivity contribution in [1.82, 2.24) is 9.78 Å². The van der Waals surface area contributed by atoms with Gasteiger partial charge >= 0.3 is 0 Å². The summed E-state index contributed by atoms with van der Waals surface area (Å²) >= 11 is 1.22. The Morgan fingerprint density at radius 3 is 2.56 bits per heavy atom. The van der Waals surface area contributed by atoms with Gasteiger partial charge in [-0.15, -0.1) is 11.8 Å². The molecule has 1 aromatic heterocycles. The number of hydrogen-bond acceptors (Lipinski definition) is 4. The lowest BCUT2D eigenvalue weighted by Crippen LogP contribution is -2.40. The van der Waals surface area contributed by atoms with Crippen LogP contribution in [0.25, 0.3) is 5.69 Å². The molecule has 0 bridgehead atoms. The maximum atomic E-state index is 15.0. The smallest absolute Gasteiger partial charge is 0.238 e. The predicted octanol–water partition coefficient (Wildman–Crippen LogP) is 4.41. The molecule has 0 radical (unpaired) electrons. The first-order chi connectivity index (χ1) is 16.0. The highest BCUT2D eigenvalue weighted by atomic mass is 32.2. The lowest BCUT2D eigenvalue weighted by molar-refractivity contribution is -0.121. The van der Waals surface area contributed by atoms with Crippen molar-refractivity contribution < 1.29 is 18.4 Å². The molecular formula is C25H26F2N4O2S. The van der Waals surface area contributed by atoms with Gasteiger partial charge in [0.15, 0.2) is 0 Å². The van der Waals surface area contributed by atoms with E-state index in [1.54, 1.807) is 4.68 Å². The summed E-state index contributed by atoms with van der Waals surface area (Å²) in [5.74, 6) is -2.05. The highest BCUT2D eigenvalue weighted by molar-refractivity contribution is 8.00. The monoisotopic (exact) mass is 484 g/mol. The topological polar surface area (TPSA) is 81.2 Å². The number of thioether (sulfide) groups is 1. The second-order valence-electron chi connectivity index (χ2n) is 9.39. The molecule has 6 nitrogen and oxygen atoms in total. The van der Waals surface area contributed by atoms with Crippen molar-refractivity contribution in [3.8, 4) is 5.69 Å². The number of carbonyl (C=O) groups is 2. The van der Waals surface area contributed by atoms with Crippen molar-refractivity contribution in [3.63, 3.8) is 0 Å². The Kier molecular flexibility index (Phi) is 6.24. The summed E-state index contributed by atoms with van der Waals surface area (Å²) < 4.78 is 30.4. The van der Waals surface area contributed by atoms with E-state index in [0.717, 1.165) is 11.6 Å². The first-order valence-electron chi connectivity index (χ1n) is 10.8. The summed E-state index contributed by atoms with van der Waals surface area (Å²) in [7, 11) is 0. The van der Waals surface area contributed by atoms with Crippen molar-refractivity contribution in [3.05, 3.63) is 76.5 Å². The molecule has 0 fully saturated rings. The lowest BCUT2D eigenvalue weighted by atomic mass is 9.87. The van der Waals surface area contributed by atoms with Gasteiger partial charge in [-0.25, -0.2) is 13.5 Å². The van der Waals surface area contributed by atoms with Crippen molar-refractivity contribution in [2.45, 2.75) is 38.4 Å². The van der Waals surface area contributed by atoms with Crippen molar-refractivity contribution >= 4 is 29.4 Å². The molecule has 0 aliphatic carbocycles. The highest BCUT2D eigenvalue weighted by Crippen LogP contribution is 2.48. The van der Waals surface area contributed by atoms with E-state index in [9.17, 15) is 14.0 Å². The molecule has 3 aromatic rings. The van der Waals surface area contributed by atoms with Gasteiger partial charge in [0.1, 0.15) is 24.0 Å². The Morgan fingerprint density at radius 1 is 1.21 bits per heavy atom. The van der Waals surface area contributed by atoms with Gasteiger partial charge in [-0.1, -0.05) is 39.0 Å². The largest absolute Gasteiger partial charge is 0.368 e. The van der Waals surface area contributed by atoms with E-state index < -0.39 is 28.2 Å². The van der Waals surface area contributed by atoms with Crippen LogP contribution in [-0.4, -0.2) is 33.9 Å². The molecular weight excluding hydrogens is 458 g/mol. The number of benzene rings is 2. The number of anilines is 1. The minimum Gasteiger partial charge on any atom is -0.368 e. The number of fused-ring (bicyclic) bond motifs is 1. The molecule has 0 unspecified atom stereocenters. The van der Waals surface area contributed by atoms with Crippen LogP contribution in [0.5, 0.6) is 0 Å². The van der Waals surface area contributed by atoms with Gasteiger partial charge in [0.05, 0.1) is 22.4 Å². The number of hydrogen-bond donors (Lipinski definition) is 1. The van der Waals surface area contributed by atoms with Crippen LogP contribution in [0.3, 0.4) is 0 Å². The predicted molar refractivity (Wildman–Crippen MR) is 129 cm³/mol. The molecule has 1 atom stereocenters. The van der Waals surface area contributed by atoms with Crippen LogP contribution >= 0.6 is 11.8 Å². The van der Waals surface area contributed by atoms with E-state index >= 15 is 4.39 Å². The van der Waals surface area contributed by atoms with E-state index in [1.807, 2.05) is 52.0 Å². The molecule has 0 spiro atoms. The minimum absolute atomic E-state index is 0.0131. The number of carbonyl (C=O) groups excluding carboxylic acids is 2. The van der Waals surface area contributed by atoms with Gasteiger partial charge in [0.25, 0.3) is 0 Å². The normalized spacial score (nSPS) is 16.4. The molecule has 2 N–H and O–H groups in total. The molecule has 178 valence electrons. The van der Waals surface area contributed by atoms with Gasteiger partial charge in [0.2, 0.25) is 11.8 Å². The quantitative estimate of drug-likeness (QED) is 0.595. The Bertz CT molecular complexity index is 1280. The van der Waals surface area contributed by atoms with Crippen LogP contribution < -0.4 is 10.6 Å². The van der Waals surface area contributed by atoms with Crippen LogP contribution in [0, 0.1) is 18.6 Å². The SMILES string of the molecule is Cc1cccc(-n2nc(C(C)(C)C)c3c2N(CC(N)=O)C(=O)CS[C@H]3c2ccc(F)cc2F)c1. The van der Waals surface area contributed by atoms with Crippen molar-refractivity contribution in [1.29, 1.82) is 0 Å². The number of nitrogens with two attached hydrogens (primary N) is 1. The minimum atomic E-state index is -0.706. The Morgan fingerprint density at radius 2 is 1.94 bits per heavy atom. The summed E-state index contributed by atoms with van der Waals surface area (Å²) in [4.78, 5) is 26.5. The zero-order valence-electron chi connectivity index (χ0n) is 19.4. The molecule has 0 saturated heterocycles. The van der Waals surface area contributed by atoms with Gasteiger partial charge in [-0.3, -0.25) is 14.5 Å². The fourth-order valence-corrected chi connectivity index (χ4v) is 5.35. The van der Waals surface area contributed by atoms with Gasteiger partial charge in [0, 0.05) is 22.6 Å². The maximum absolute atomic E-state index is 15.0. The van der Waals surface area contributed by atoms with Gasteiger partial charge < -0.3 is 5.73 Å².